The van der Waals surface area contributed by atoms with Gasteiger partial charge in [-0.3, -0.25) is 19.9 Å². The van der Waals surface area contributed by atoms with E-state index in [4.69, 9.17) is 57.8 Å². The highest BCUT2D eigenvalue weighted by molar-refractivity contribution is 5.71. The molecule has 8 heterocycles. The fourth-order valence-electron chi connectivity index (χ4n) is 14.7. The molecule has 0 radical (unpaired) electrons. The Morgan fingerprint density at radius 3 is 0.659 bits per heavy atom. The zero-order valence-corrected chi connectivity index (χ0v) is 51.9. The van der Waals surface area contributed by atoms with Crippen molar-refractivity contribution in [2.75, 3.05) is 27.2 Å². The van der Waals surface area contributed by atoms with E-state index < -0.39 is 0 Å². The van der Waals surface area contributed by atoms with Gasteiger partial charge in [0.2, 0.25) is 27.2 Å². The van der Waals surface area contributed by atoms with E-state index in [1.807, 2.05) is 49.1 Å². The number of ether oxygens (including phenoxy) is 8. The van der Waals surface area contributed by atoms with Gasteiger partial charge >= 0.3 is 0 Å². The molecule has 1 aliphatic carbocycles. The van der Waals surface area contributed by atoms with Crippen molar-refractivity contribution in [3.05, 3.63) is 211 Å². The van der Waals surface area contributed by atoms with Crippen LogP contribution < -0.4 is 37.9 Å². The highest BCUT2D eigenvalue weighted by atomic mass is 16.7. The van der Waals surface area contributed by atoms with E-state index in [9.17, 15) is 0 Å². The average molecular weight is 1180 g/mol. The van der Waals surface area contributed by atoms with Gasteiger partial charge in [0, 0.05) is 164 Å². The third kappa shape index (κ3) is 12.0. The lowest BCUT2D eigenvalue weighted by Gasteiger charge is -2.38. The van der Waals surface area contributed by atoms with E-state index in [0.29, 0.717) is 25.7 Å². The van der Waals surface area contributed by atoms with Gasteiger partial charge in [-0.25, -0.2) is 0 Å². The van der Waals surface area contributed by atoms with Crippen molar-refractivity contribution < 1.29 is 37.9 Å². The summed E-state index contributed by atoms with van der Waals surface area (Å²) in [7, 11) is 0. The third-order valence-corrected chi connectivity index (χ3v) is 18.9. The summed E-state index contributed by atoms with van der Waals surface area (Å²) in [6.45, 7) is 8.98. The molecule has 8 bridgehead atoms. The van der Waals surface area contributed by atoms with Crippen LogP contribution in [-0.4, -0.2) is 47.1 Å². The zero-order valence-electron chi connectivity index (χ0n) is 51.9. The monoisotopic (exact) mass is 1180 g/mol. The summed E-state index contributed by atoms with van der Waals surface area (Å²) in [5.74, 6) is 5.58. The molecule has 88 heavy (non-hydrogen) atoms. The maximum atomic E-state index is 7.28. The Bertz CT molecular complexity index is 3090. The molecule has 8 aromatic rings. The van der Waals surface area contributed by atoms with Crippen LogP contribution in [0.25, 0.3) is 0 Å². The maximum absolute atomic E-state index is 7.28. The largest absolute Gasteiger partial charge is 0.457 e. The molecule has 5 aliphatic rings. The number of hydrogen-bond acceptors (Lipinski definition) is 12. The molecule has 13 rings (SSSR count). The van der Waals surface area contributed by atoms with Crippen LogP contribution in [0.5, 0.6) is 46.0 Å². The minimum atomic E-state index is -0.175. The van der Waals surface area contributed by atoms with Gasteiger partial charge in [0.25, 0.3) is 0 Å². The first kappa shape index (κ1) is 58.9. The van der Waals surface area contributed by atoms with Crippen molar-refractivity contribution >= 4 is 0 Å². The molecule has 0 spiro atoms. The quantitative estimate of drug-likeness (QED) is 0.0535. The molecule has 456 valence electrons. The van der Waals surface area contributed by atoms with Crippen LogP contribution in [0.2, 0.25) is 0 Å². The second-order valence-corrected chi connectivity index (χ2v) is 24.6. The molecular formula is C76H84N4O8. The number of rotatable bonds is 24. The second kappa shape index (κ2) is 27.5. The molecule has 0 saturated heterocycles. The van der Waals surface area contributed by atoms with Crippen LogP contribution in [0.1, 0.15) is 244 Å². The minimum Gasteiger partial charge on any atom is -0.457 e. The molecule has 4 aromatic carbocycles. The van der Waals surface area contributed by atoms with Crippen LogP contribution in [0.3, 0.4) is 0 Å². The van der Waals surface area contributed by atoms with Crippen molar-refractivity contribution in [1.82, 2.24) is 19.9 Å². The summed E-state index contributed by atoms with van der Waals surface area (Å²) < 4.78 is 58.3. The minimum absolute atomic E-state index is 0.0479. The van der Waals surface area contributed by atoms with Gasteiger partial charge in [-0.05, 0) is 98.5 Å². The van der Waals surface area contributed by atoms with Crippen molar-refractivity contribution in [2.24, 2.45) is 0 Å². The first-order valence-corrected chi connectivity index (χ1v) is 32.9. The van der Waals surface area contributed by atoms with E-state index in [1.54, 1.807) is 0 Å². The van der Waals surface area contributed by atoms with Crippen molar-refractivity contribution in [3.8, 4) is 46.0 Å². The Hall–Kier alpha value is -8.12. The van der Waals surface area contributed by atoms with Crippen molar-refractivity contribution in [2.45, 2.75) is 180 Å². The summed E-state index contributed by atoms with van der Waals surface area (Å²) >= 11 is 0. The van der Waals surface area contributed by atoms with Crippen LogP contribution in [0.15, 0.2) is 122 Å². The Balaban J connectivity index is 1.21. The topological polar surface area (TPSA) is 125 Å². The van der Waals surface area contributed by atoms with Gasteiger partial charge in [0.15, 0.2) is 0 Å². The number of hydrogen-bond donors (Lipinski definition) is 0. The van der Waals surface area contributed by atoms with Crippen LogP contribution in [0.4, 0.5) is 0 Å². The predicted molar refractivity (Wildman–Crippen MR) is 342 cm³/mol. The number of unbranched alkanes of at least 4 members (excludes halogenated alkanes) is 8. The van der Waals surface area contributed by atoms with E-state index >= 15 is 0 Å². The van der Waals surface area contributed by atoms with Crippen LogP contribution in [-0.2, 0) is 25.7 Å². The highest BCUT2D eigenvalue weighted by Crippen LogP contribution is 2.59. The Morgan fingerprint density at radius 2 is 0.489 bits per heavy atom. The number of nitrogens with zero attached hydrogens (tertiary/aromatic N) is 4. The first-order valence-electron chi connectivity index (χ1n) is 32.9. The number of benzene rings is 4. The summed E-state index contributed by atoms with van der Waals surface area (Å²) in [6.07, 6.45) is 25.3. The normalized spacial score (nSPS) is 17.4. The third-order valence-electron chi connectivity index (χ3n) is 18.9. The molecule has 0 saturated carbocycles. The highest BCUT2D eigenvalue weighted by Gasteiger charge is 2.42. The fourth-order valence-corrected chi connectivity index (χ4v) is 14.7. The lowest BCUT2D eigenvalue weighted by molar-refractivity contribution is 0.0948. The Kier molecular flexibility index (Phi) is 18.4. The predicted octanol–water partition coefficient (Wildman–Crippen LogP) is 17.7. The van der Waals surface area contributed by atoms with Crippen molar-refractivity contribution in [3.63, 3.8) is 0 Å². The SMILES string of the molecule is CCCCCC1c2cc3c4c(Cc5ccccn5)c2OCOc2c1cc1c(c2Cc2ccccn2)OCOc2c(cc5c(c2Cc2ccccn2)OCOc2c(cc(c(c2Cc2ccccn2)OCO4)C3CCCCC)C5CCCCC)C1CCCCC. The smallest absolute Gasteiger partial charge is 0.230 e. The molecule has 4 aromatic heterocycles. The van der Waals surface area contributed by atoms with Gasteiger partial charge in [-0.1, -0.05) is 129 Å². The summed E-state index contributed by atoms with van der Waals surface area (Å²) in [4.78, 5) is 20.0. The summed E-state index contributed by atoms with van der Waals surface area (Å²) in [5.41, 5.74) is 16.5. The summed E-state index contributed by atoms with van der Waals surface area (Å²) in [6, 6.07) is 34.6. The molecular weight excluding hydrogens is 1100 g/mol. The molecule has 0 amide bonds. The van der Waals surface area contributed by atoms with Crippen molar-refractivity contribution in [1.29, 1.82) is 0 Å². The fraction of sp³-hybridized carbons (Fsp3) is 0.421. The van der Waals surface area contributed by atoms with E-state index in [1.165, 1.54) is 0 Å². The molecule has 0 fully saturated rings. The lowest BCUT2D eigenvalue weighted by atomic mass is 9.73. The van der Waals surface area contributed by atoms with E-state index in [0.717, 1.165) is 238 Å². The molecule has 4 aliphatic heterocycles. The van der Waals surface area contributed by atoms with E-state index in [2.05, 4.69) is 100 Å². The maximum Gasteiger partial charge on any atom is 0.230 e. The number of aromatic nitrogens is 4. The Morgan fingerprint density at radius 1 is 0.284 bits per heavy atom. The van der Waals surface area contributed by atoms with Gasteiger partial charge in [0.1, 0.15) is 46.0 Å². The van der Waals surface area contributed by atoms with Gasteiger partial charge in [0.05, 0.1) is 0 Å². The van der Waals surface area contributed by atoms with Gasteiger partial charge in [-0.2, -0.15) is 0 Å². The number of pyridine rings is 4. The average Bonchev–Trinajstić information content (AvgIpc) is 0.768. The molecule has 0 unspecified atom stereocenters. The van der Waals surface area contributed by atoms with Gasteiger partial charge < -0.3 is 37.9 Å². The molecule has 0 N–H and O–H groups in total. The van der Waals surface area contributed by atoms with E-state index in [-0.39, 0.29) is 50.8 Å². The Labute approximate surface area is 519 Å². The van der Waals surface area contributed by atoms with Crippen LogP contribution in [0, 0.1) is 0 Å². The zero-order chi connectivity index (χ0) is 59.8. The van der Waals surface area contributed by atoms with Gasteiger partial charge in [-0.15, -0.1) is 0 Å². The molecule has 0 atom stereocenters. The lowest BCUT2D eigenvalue weighted by Crippen LogP contribution is -2.25. The molecule has 12 heteroatoms. The second-order valence-electron chi connectivity index (χ2n) is 24.6. The van der Waals surface area contributed by atoms with Crippen LogP contribution >= 0.6 is 0 Å². The standard InChI is InChI=1S/C76H84N4O8/c1-5-9-13-29-53-57-41-59-54(30-14-10-6-2)61-43-63-56(32-16-12-8-4)64-44-62-55(31-15-11-7-3)60-42-58(53)70-66(38-50-26-18-22-34-78-50)72(60)84-47-86-74(62)68(40-52-28-20-24-36-80-52)76(64)88-48-87-75(63)67(39-51-27-19-23-35-79-51)73(61)85-46-83-71(59)65(69(57)81-45-82-70)37-49-25-17-21-33-77-49/h17-28,33-36,41-44,53-56H,5-16,29-32,37-40,45-48H2,1-4H3. The first-order chi connectivity index (χ1) is 43.5. The summed E-state index contributed by atoms with van der Waals surface area (Å²) in [5, 5.41) is 0. The molecule has 12 nitrogen and oxygen atoms in total.